The number of aromatic nitrogens is 1. The number of carbonyl (C=O) groups is 2. The third kappa shape index (κ3) is 3.53. The van der Waals surface area contributed by atoms with Crippen molar-refractivity contribution in [2.75, 3.05) is 14.2 Å². The molecule has 0 saturated carbocycles. The molecule has 1 atom stereocenters. The van der Waals surface area contributed by atoms with Gasteiger partial charge in [0.25, 0.3) is 0 Å². The molecule has 92 valence electrons. The Kier molecular flexibility index (Phi) is 4.59. The van der Waals surface area contributed by atoms with E-state index in [1.807, 2.05) is 0 Å². The summed E-state index contributed by atoms with van der Waals surface area (Å²) in [5.74, 6) is -0.987. The summed E-state index contributed by atoms with van der Waals surface area (Å²) in [5, 5.41) is 0. The molecule has 6 nitrogen and oxygen atoms in total. The van der Waals surface area contributed by atoms with Crippen LogP contribution in [0.2, 0.25) is 0 Å². The first-order chi connectivity index (χ1) is 8.08. The summed E-state index contributed by atoms with van der Waals surface area (Å²) >= 11 is 0. The van der Waals surface area contributed by atoms with E-state index in [0.29, 0.717) is 11.1 Å². The van der Waals surface area contributed by atoms with Crippen molar-refractivity contribution in [1.82, 2.24) is 4.98 Å². The summed E-state index contributed by atoms with van der Waals surface area (Å²) in [4.78, 5) is 26.3. The Morgan fingerprint density at radius 1 is 1.35 bits per heavy atom. The normalized spacial score (nSPS) is 11.7. The Labute approximate surface area is 98.7 Å². The molecule has 0 amide bonds. The molecule has 17 heavy (non-hydrogen) atoms. The molecule has 2 N–H and O–H groups in total. The minimum Gasteiger partial charge on any atom is -0.468 e. The molecule has 1 aromatic rings. The average molecular weight is 238 g/mol. The van der Waals surface area contributed by atoms with Crippen LogP contribution in [0.25, 0.3) is 0 Å². The van der Waals surface area contributed by atoms with Crippen LogP contribution in [0.3, 0.4) is 0 Å². The Morgan fingerprint density at radius 2 is 2.06 bits per heavy atom. The van der Waals surface area contributed by atoms with Crippen LogP contribution < -0.4 is 5.73 Å². The first kappa shape index (κ1) is 13.1. The van der Waals surface area contributed by atoms with Crippen LogP contribution in [0.5, 0.6) is 0 Å². The van der Waals surface area contributed by atoms with Crippen LogP contribution in [-0.2, 0) is 20.7 Å². The Balaban J connectivity index is 2.79. The summed E-state index contributed by atoms with van der Waals surface area (Å²) in [6, 6.07) is 0.816. The van der Waals surface area contributed by atoms with Gasteiger partial charge in [0.15, 0.2) is 0 Å². The molecule has 0 radical (unpaired) electrons. The summed E-state index contributed by atoms with van der Waals surface area (Å²) in [6.45, 7) is 0. The van der Waals surface area contributed by atoms with E-state index in [1.165, 1.54) is 26.6 Å². The highest BCUT2D eigenvalue weighted by molar-refractivity contribution is 5.89. The zero-order valence-electron chi connectivity index (χ0n) is 9.67. The van der Waals surface area contributed by atoms with Gasteiger partial charge in [-0.2, -0.15) is 0 Å². The van der Waals surface area contributed by atoms with Gasteiger partial charge in [0.1, 0.15) is 6.04 Å². The van der Waals surface area contributed by atoms with Gasteiger partial charge in [0, 0.05) is 12.4 Å². The minimum atomic E-state index is -0.769. The van der Waals surface area contributed by atoms with Crippen molar-refractivity contribution in [3.05, 3.63) is 29.6 Å². The maximum Gasteiger partial charge on any atom is 0.339 e. The van der Waals surface area contributed by atoms with E-state index in [-0.39, 0.29) is 6.42 Å². The zero-order chi connectivity index (χ0) is 12.8. The van der Waals surface area contributed by atoms with Crippen molar-refractivity contribution in [3.63, 3.8) is 0 Å². The van der Waals surface area contributed by atoms with Crippen molar-refractivity contribution >= 4 is 11.9 Å². The quantitative estimate of drug-likeness (QED) is 0.737. The van der Waals surface area contributed by atoms with Crippen molar-refractivity contribution in [3.8, 4) is 0 Å². The van der Waals surface area contributed by atoms with Crippen LogP contribution in [0.1, 0.15) is 15.9 Å². The molecule has 0 aliphatic carbocycles. The molecule has 0 saturated heterocycles. The summed E-state index contributed by atoms with van der Waals surface area (Å²) in [5.41, 5.74) is 6.59. The Hall–Kier alpha value is -1.95. The van der Waals surface area contributed by atoms with Gasteiger partial charge in [-0.25, -0.2) is 4.79 Å². The summed E-state index contributed by atoms with van der Waals surface area (Å²) in [6.07, 6.45) is 3.18. The number of hydrogen-bond donors (Lipinski definition) is 1. The Bertz CT molecular complexity index is 420. The van der Waals surface area contributed by atoms with Crippen LogP contribution in [0.4, 0.5) is 0 Å². The molecule has 1 aromatic heterocycles. The van der Waals surface area contributed by atoms with Crippen LogP contribution in [-0.4, -0.2) is 37.2 Å². The van der Waals surface area contributed by atoms with Gasteiger partial charge in [0.05, 0.1) is 19.8 Å². The van der Waals surface area contributed by atoms with Crippen LogP contribution in [0, 0.1) is 0 Å². The van der Waals surface area contributed by atoms with Crippen molar-refractivity contribution in [2.45, 2.75) is 12.5 Å². The lowest BCUT2D eigenvalue weighted by atomic mass is 10.1. The third-order valence-electron chi connectivity index (χ3n) is 2.18. The van der Waals surface area contributed by atoms with Crippen molar-refractivity contribution in [1.29, 1.82) is 0 Å². The number of ether oxygens (including phenoxy) is 2. The molecule has 0 aliphatic heterocycles. The number of methoxy groups -OCH3 is 2. The first-order valence-electron chi connectivity index (χ1n) is 4.94. The largest absolute Gasteiger partial charge is 0.468 e. The van der Waals surface area contributed by atoms with Gasteiger partial charge in [-0.3, -0.25) is 9.78 Å². The van der Waals surface area contributed by atoms with E-state index in [4.69, 9.17) is 5.73 Å². The summed E-state index contributed by atoms with van der Waals surface area (Å²) in [7, 11) is 2.56. The molecule has 0 aliphatic rings. The standard InChI is InChI=1S/C11H14N2O4/c1-16-10(14)8-3-7(5-13-6-8)4-9(12)11(15)17-2/h3,5-6,9H,4,12H2,1-2H3/t9-/m0/s1. The monoisotopic (exact) mass is 238 g/mol. The molecule has 0 bridgehead atoms. The maximum absolute atomic E-state index is 11.3. The first-order valence-corrected chi connectivity index (χ1v) is 4.94. The van der Waals surface area contributed by atoms with E-state index >= 15 is 0 Å². The van der Waals surface area contributed by atoms with Gasteiger partial charge >= 0.3 is 11.9 Å². The van der Waals surface area contributed by atoms with E-state index in [9.17, 15) is 9.59 Å². The fourth-order valence-corrected chi connectivity index (χ4v) is 1.32. The second kappa shape index (κ2) is 5.95. The van der Waals surface area contributed by atoms with Crippen molar-refractivity contribution < 1.29 is 19.1 Å². The number of rotatable bonds is 4. The smallest absolute Gasteiger partial charge is 0.339 e. The molecular weight excluding hydrogens is 224 g/mol. The fraction of sp³-hybridized carbons (Fsp3) is 0.364. The lowest BCUT2D eigenvalue weighted by molar-refractivity contribution is -0.142. The van der Waals surface area contributed by atoms with Gasteiger partial charge in [-0.15, -0.1) is 0 Å². The molecule has 6 heteroatoms. The Morgan fingerprint density at radius 3 is 2.65 bits per heavy atom. The van der Waals surface area contributed by atoms with E-state index in [1.54, 1.807) is 6.07 Å². The number of esters is 2. The fourth-order valence-electron chi connectivity index (χ4n) is 1.32. The second-order valence-corrected chi connectivity index (χ2v) is 3.41. The van der Waals surface area contributed by atoms with Gasteiger partial charge in [0.2, 0.25) is 0 Å². The predicted molar refractivity (Wildman–Crippen MR) is 59.3 cm³/mol. The minimum absolute atomic E-state index is 0.254. The SMILES string of the molecule is COC(=O)c1cncc(C[C@H](N)C(=O)OC)c1. The second-order valence-electron chi connectivity index (χ2n) is 3.41. The highest BCUT2D eigenvalue weighted by Crippen LogP contribution is 2.06. The third-order valence-corrected chi connectivity index (χ3v) is 2.18. The highest BCUT2D eigenvalue weighted by Gasteiger charge is 2.15. The molecule has 0 unspecified atom stereocenters. The van der Waals surface area contributed by atoms with Crippen LogP contribution >= 0.6 is 0 Å². The number of pyridine rings is 1. The number of carbonyl (C=O) groups excluding carboxylic acids is 2. The molecule has 0 spiro atoms. The summed E-state index contributed by atoms with van der Waals surface area (Å²) < 4.78 is 9.07. The molecular formula is C11H14N2O4. The predicted octanol–water partition coefficient (Wildman–Crippen LogP) is -0.0890. The lowest BCUT2D eigenvalue weighted by Gasteiger charge is -2.09. The topological polar surface area (TPSA) is 91.5 Å². The number of hydrogen-bond acceptors (Lipinski definition) is 6. The molecule has 1 heterocycles. The molecule has 0 fully saturated rings. The van der Waals surface area contributed by atoms with Gasteiger partial charge in [-0.05, 0) is 18.1 Å². The lowest BCUT2D eigenvalue weighted by Crippen LogP contribution is -2.33. The maximum atomic E-state index is 11.3. The van der Waals surface area contributed by atoms with Crippen molar-refractivity contribution in [2.24, 2.45) is 5.73 Å². The van der Waals surface area contributed by atoms with Gasteiger partial charge in [-0.1, -0.05) is 0 Å². The molecule has 1 rings (SSSR count). The molecule has 0 aromatic carbocycles. The average Bonchev–Trinajstić information content (AvgIpc) is 2.37. The highest BCUT2D eigenvalue weighted by atomic mass is 16.5. The van der Waals surface area contributed by atoms with E-state index in [2.05, 4.69) is 14.5 Å². The number of nitrogens with two attached hydrogens (primary N) is 1. The number of nitrogens with zero attached hydrogens (tertiary/aromatic N) is 1. The van der Waals surface area contributed by atoms with Crippen LogP contribution in [0.15, 0.2) is 18.5 Å². The zero-order valence-corrected chi connectivity index (χ0v) is 9.67. The van der Waals surface area contributed by atoms with E-state index < -0.39 is 18.0 Å². The van der Waals surface area contributed by atoms with E-state index in [0.717, 1.165) is 0 Å². The van der Waals surface area contributed by atoms with Gasteiger partial charge < -0.3 is 15.2 Å².